The predicted octanol–water partition coefficient (Wildman–Crippen LogP) is 1.86. The molecule has 1 aromatic rings. The van der Waals surface area contributed by atoms with Crippen molar-refractivity contribution in [1.29, 1.82) is 0 Å². The van der Waals surface area contributed by atoms with Gasteiger partial charge in [0.25, 0.3) is 5.69 Å². The quantitative estimate of drug-likeness (QED) is 0.565. The average Bonchev–Trinajstić information content (AvgIpc) is 2.34. The second-order valence-electron chi connectivity index (χ2n) is 4.42. The van der Waals surface area contributed by atoms with Crippen molar-refractivity contribution in [2.75, 3.05) is 11.9 Å². The van der Waals surface area contributed by atoms with Gasteiger partial charge in [0, 0.05) is 11.8 Å². The van der Waals surface area contributed by atoms with Crippen LogP contribution < -0.4 is 5.32 Å². The van der Waals surface area contributed by atoms with Crippen LogP contribution in [-0.4, -0.2) is 33.3 Å². The van der Waals surface area contributed by atoms with E-state index in [9.17, 15) is 33.2 Å². The fourth-order valence-corrected chi connectivity index (χ4v) is 1.38. The van der Waals surface area contributed by atoms with E-state index in [0.29, 0.717) is 12.1 Å². The van der Waals surface area contributed by atoms with Crippen molar-refractivity contribution in [3.05, 3.63) is 33.9 Å². The molecule has 0 aliphatic carbocycles. The number of hydrogen-bond donors (Lipinski definition) is 3. The molecule has 1 atom stereocenters. The van der Waals surface area contributed by atoms with Crippen LogP contribution in [0.1, 0.15) is 12.5 Å². The molecule has 0 saturated heterocycles. The van der Waals surface area contributed by atoms with Gasteiger partial charge < -0.3 is 15.5 Å². The first-order chi connectivity index (χ1) is 9.45. The van der Waals surface area contributed by atoms with Gasteiger partial charge in [0.1, 0.15) is 5.56 Å². The number of halogens is 3. The normalized spacial score (nSPS) is 14.3. The number of nitro benzene ring substituents is 1. The standard InChI is InChI=1S/C11H11F3N2O5/c1-10(19,9(17)18)5-15-6-2-3-8(16(20)21)7(4-6)11(12,13)14/h2-4,15,19H,5H2,1H3,(H,17,18). The Kier molecular flexibility index (Phi) is 4.42. The zero-order valence-corrected chi connectivity index (χ0v) is 10.6. The minimum absolute atomic E-state index is 0.200. The maximum Gasteiger partial charge on any atom is 0.423 e. The van der Waals surface area contributed by atoms with Crippen molar-refractivity contribution in [2.45, 2.75) is 18.7 Å². The van der Waals surface area contributed by atoms with Crippen LogP contribution >= 0.6 is 0 Å². The van der Waals surface area contributed by atoms with Crippen molar-refractivity contribution >= 4 is 17.3 Å². The Morgan fingerprint density at radius 1 is 1.43 bits per heavy atom. The van der Waals surface area contributed by atoms with E-state index in [1.54, 1.807) is 0 Å². The molecular formula is C11H11F3N2O5. The maximum absolute atomic E-state index is 12.7. The van der Waals surface area contributed by atoms with E-state index in [2.05, 4.69) is 5.32 Å². The zero-order chi connectivity index (χ0) is 16.4. The number of hydrogen-bond acceptors (Lipinski definition) is 5. The molecule has 1 unspecified atom stereocenters. The fraction of sp³-hybridized carbons (Fsp3) is 0.364. The Hall–Kier alpha value is -2.36. The summed E-state index contributed by atoms with van der Waals surface area (Å²) in [6, 6.07) is 2.13. The first kappa shape index (κ1) is 16.7. The molecule has 0 fully saturated rings. The molecule has 0 aromatic heterocycles. The summed E-state index contributed by atoms with van der Waals surface area (Å²) in [7, 11) is 0. The Morgan fingerprint density at radius 3 is 2.43 bits per heavy atom. The van der Waals surface area contributed by atoms with Gasteiger partial charge in [-0.3, -0.25) is 10.1 Å². The number of carboxylic acid groups (broad SMARTS) is 1. The van der Waals surface area contributed by atoms with E-state index in [1.165, 1.54) is 0 Å². The monoisotopic (exact) mass is 308 g/mol. The Labute approximate surface area is 116 Å². The number of nitro groups is 1. The van der Waals surface area contributed by atoms with Crippen molar-refractivity contribution in [3.8, 4) is 0 Å². The third-order valence-corrected chi connectivity index (χ3v) is 2.60. The number of nitrogens with one attached hydrogen (secondary N) is 1. The van der Waals surface area contributed by atoms with E-state index >= 15 is 0 Å². The lowest BCUT2D eigenvalue weighted by Gasteiger charge is -2.19. The number of rotatable bonds is 5. The van der Waals surface area contributed by atoms with E-state index in [-0.39, 0.29) is 5.69 Å². The van der Waals surface area contributed by atoms with E-state index in [4.69, 9.17) is 5.11 Å². The number of carboxylic acids is 1. The van der Waals surface area contributed by atoms with Crippen LogP contribution in [0.5, 0.6) is 0 Å². The summed E-state index contributed by atoms with van der Waals surface area (Å²) >= 11 is 0. The molecule has 116 valence electrons. The van der Waals surface area contributed by atoms with Gasteiger partial charge in [-0.15, -0.1) is 0 Å². The number of benzene rings is 1. The number of aliphatic carboxylic acids is 1. The van der Waals surface area contributed by atoms with Crippen LogP contribution in [0.25, 0.3) is 0 Å². The van der Waals surface area contributed by atoms with Crippen molar-refractivity contribution in [1.82, 2.24) is 0 Å². The van der Waals surface area contributed by atoms with Crippen LogP contribution in [-0.2, 0) is 11.0 Å². The molecule has 0 bridgehead atoms. The van der Waals surface area contributed by atoms with E-state index in [0.717, 1.165) is 13.0 Å². The molecule has 0 spiro atoms. The Morgan fingerprint density at radius 2 is 2.00 bits per heavy atom. The van der Waals surface area contributed by atoms with Gasteiger partial charge in [0.2, 0.25) is 0 Å². The highest BCUT2D eigenvalue weighted by atomic mass is 19.4. The minimum atomic E-state index is -4.94. The molecule has 7 nitrogen and oxygen atoms in total. The topological polar surface area (TPSA) is 113 Å². The summed E-state index contributed by atoms with van der Waals surface area (Å²) in [5.41, 5.74) is -4.97. The first-order valence-corrected chi connectivity index (χ1v) is 5.50. The lowest BCUT2D eigenvalue weighted by Crippen LogP contribution is -2.41. The summed E-state index contributed by atoms with van der Waals surface area (Å²) in [6.07, 6.45) is -4.94. The minimum Gasteiger partial charge on any atom is -0.479 e. The average molecular weight is 308 g/mol. The summed E-state index contributed by atoms with van der Waals surface area (Å²) < 4.78 is 38.1. The molecule has 1 rings (SSSR count). The third kappa shape index (κ3) is 4.05. The Bertz CT molecular complexity index is 571. The van der Waals surface area contributed by atoms with Crippen LogP contribution in [0.4, 0.5) is 24.5 Å². The summed E-state index contributed by atoms with van der Waals surface area (Å²) in [6.45, 7) is 0.385. The second kappa shape index (κ2) is 5.56. The highest BCUT2D eigenvalue weighted by Gasteiger charge is 2.38. The highest BCUT2D eigenvalue weighted by molar-refractivity contribution is 5.77. The van der Waals surface area contributed by atoms with Crippen molar-refractivity contribution in [3.63, 3.8) is 0 Å². The second-order valence-corrected chi connectivity index (χ2v) is 4.42. The largest absolute Gasteiger partial charge is 0.479 e. The molecule has 0 aliphatic rings. The molecule has 3 N–H and O–H groups in total. The van der Waals surface area contributed by atoms with Crippen molar-refractivity contribution in [2.24, 2.45) is 0 Å². The van der Waals surface area contributed by atoms with Gasteiger partial charge in [-0.25, -0.2) is 4.79 Å². The molecule has 0 amide bonds. The predicted molar refractivity (Wildman–Crippen MR) is 64.8 cm³/mol. The fourth-order valence-electron chi connectivity index (χ4n) is 1.38. The van der Waals surface area contributed by atoms with E-state index in [1.807, 2.05) is 0 Å². The third-order valence-electron chi connectivity index (χ3n) is 2.60. The molecule has 21 heavy (non-hydrogen) atoms. The Balaban J connectivity index is 3.07. The van der Waals surface area contributed by atoms with Crippen molar-refractivity contribution < 1.29 is 33.1 Å². The molecule has 1 aromatic carbocycles. The van der Waals surface area contributed by atoms with Crippen LogP contribution in [0.15, 0.2) is 18.2 Å². The van der Waals surface area contributed by atoms with Gasteiger partial charge in [-0.2, -0.15) is 13.2 Å². The summed E-state index contributed by atoms with van der Waals surface area (Å²) in [4.78, 5) is 20.0. The van der Waals surface area contributed by atoms with Crippen LogP contribution in [0.2, 0.25) is 0 Å². The molecule has 0 saturated carbocycles. The van der Waals surface area contributed by atoms with Gasteiger partial charge in [-0.05, 0) is 19.1 Å². The smallest absolute Gasteiger partial charge is 0.423 e. The summed E-state index contributed by atoms with van der Waals surface area (Å²) in [5.74, 6) is -1.56. The van der Waals surface area contributed by atoms with Gasteiger partial charge >= 0.3 is 12.1 Å². The SMILES string of the molecule is CC(O)(CNc1ccc([N+](=O)[O-])c(C(F)(F)F)c1)C(=O)O. The van der Waals surface area contributed by atoms with Crippen LogP contribution in [0.3, 0.4) is 0 Å². The number of aliphatic hydroxyl groups is 1. The number of alkyl halides is 3. The molecule has 10 heteroatoms. The number of nitrogens with zero attached hydrogens (tertiary/aromatic N) is 1. The molecule has 0 radical (unpaired) electrons. The number of anilines is 1. The zero-order valence-electron chi connectivity index (χ0n) is 10.6. The van der Waals surface area contributed by atoms with E-state index < -0.39 is 40.5 Å². The summed E-state index contributed by atoms with van der Waals surface area (Å²) in [5, 5.41) is 30.9. The first-order valence-electron chi connectivity index (χ1n) is 5.50. The molecule has 0 aliphatic heterocycles. The van der Waals surface area contributed by atoms with Gasteiger partial charge in [0.05, 0.1) is 11.5 Å². The van der Waals surface area contributed by atoms with Gasteiger partial charge in [-0.1, -0.05) is 0 Å². The molecular weight excluding hydrogens is 297 g/mol. The lowest BCUT2D eigenvalue weighted by molar-refractivity contribution is -0.388. The number of carbonyl (C=O) groups is 1. The molecule has 0 heterocycles. The van der Waals surface area contributed by atoms with Crippen LogP contribution in [0, 0.1) is 10.1 Å². The van der Waals surface area contributed by atoms with Gasteiger partial charge in [0.15, 0.2) is 5.60 Å². The maximum atomic E-state index is 12.7. The lowest BCUT2D eigenvalue weighted by atomic mass is 10.1. The highest BCUT2D eigenvalue weighted by Crippen LogP contribution is 2.37.